The van der Waals surface area contributed by atoms with Crippen LogP contribution >= 0.6 is 24.1 Å². The lowest BCUT2D eigenvalue weighted by molar-refractivity contribution is -0.432. The van der Waals surface area contributed by atoms with Crippen LogP contribution in [0.15, 0.2) is 138 Å². The molecule has 0 aromatic heterocycles. The van der Waals surface area contributed by atoms with E-state index in [2.05, 4.69) is 49.4 Å². The Balaban J connectivity index is 1.26. The highest BCUT2D eigenvalue weighted by Crippen LogP contribution is 2.45. The fourth-order valence-electron chi connectivity index (χ4n) is 5.09. The number of benzene rings is 6. The van der Waals surface area contributed by atoms with Gasteiger partial charge in [0.05, 0.1) is 57.4 Å². The SMILES string of the molecule is Cc1ccc2cc(SOOO)c(N=Nc3cc(C)c(N=Nc4ccc(N=Nc5cccc(SOOO)c5)c5ccccc45)cc3C)c(O)c2c1. The minimum absolute atomic E-state index is 0.0771. The van der Waals surface area contributed by atoms with Gasteiger partial charge in [-0.15, -0.1) is 24.0 Å². The molecule has 0 fully saturated rings. The van der Waals surface area contributed by atoms with E-state index in [9.17, 15) is 5.11 Å². The summed E-state index contributed by atoms with van der Waals surface area (Å²) in [6.45, 7) is 5.71. The van der Waals surface area contributed by atoms with E-state index >= 15 is 0 Å². The highest BCUT2D eigenvalue weighted by Gasteiger charge is 2.16. The van der Waals surface area contributed by atoms with Gasteiger partial charge >= 0.3 is 0 Å². The lowest BCUT2D eigenvalue weighted by Gasteiger charge is -2.10. The third-order valence-corrected chi connectivity index (χ3v) is 8.72. The Hall–Kier alpha value is -5.10. The Morgan fingerprint density at radius 3 is 1.84 bits per heavy atom. The van der Waals surface area contributed by atoms with Gasteiger partial charge in [0.15, 0.2) is 5.75 Å². The molecule has 252 valence electrons. The number of hydrogen-bond donors (Lipinski definition) is 3. The summed E-state index contributed by atoms with van der Waals surface area (Å²) in [5, 5.41) is 65.5. The number of aryl methyl sites for hydroxylation is 3. The predicted octanol–water partition coefficient (Wildman–Crippen LogP) is 12.7. The maximum Gasteiger partial charge on any atom is 0.152 e. The quantitative estimate of drug-likeness (QED) is 0.0484. The molecule has 15 heteroatoms. The average molecular weight is 709 g/mol. The molecule has 0 saturated heterocycles. The molecule has 0 unspecified atom stereocenters. The van der Waals surface area contributed by atoms with Crippen molar-refractivity contribution in [3.05, 3.63) is 114 Å². The molecule has 0 aliphatic carbocycles. The Labute approximate surface area is 294 Å². The molecule has 0 amide bonds. The molecule has 0 bridgehead atoms. The maximum absolute atomic E-state index is 11.1. The highest BCUT2D eigenvalue weighted by molar-refractivity contribution is 7.94. The number of azo groups is 3. The van der Waals surface area contributed by atoms with Gasteiger partial charge < -0.3 is 5.11 Å². The van der Waals surface area contributed by atoms with E-state index in [1.165, 1.54) is 0 Å². The minimum Gasteiger partial charge on any atom is -0.505 e. The van der Waals surface area contributed by atoms with Crippen LogP contribution < -0.4 is 0 Å². The second-order valence-electron chi connectivity index (χ2n) is 10.9. The lowest BCUT2D eigenvalue weighted by Crippen LogP contribution is -1.84. The smallest absolute Gasteiger partial charge is 0.152 e. The van der Waals surface area contributed by atoms with E-state index in [1.54, 1.807) is 30.3 Å². The Bertz CT molecular complexity index is 2280. The standard InChI is InChI=1S/C35H28N6O7S2/c1-20-11-12-23-18-33(50-48-46-44)34(35(42)28(23)15-20)41-40-32-17-21(2)31(16-22(32)3)39-38-30-14-13-29(26-9-4-5-10-27(26)30)37-36-24-7-6-8-25(19-24)49-47-45-43/h4-19,42-44H,1-3H3. The molecule has 0 spiro atoms. The second-order valence-corrected chi connectivity index (χ2v) is 12.4. The van der Waals surface area contributed by atoms with Crippen molar-refractivity contribution in [2.24, 2.45) is 30.7 Å². The summed E-state index contributed by atoms with van der Waals surface area (Å²) in [7, 11) is 0. The van der Waals surface area contributed by atoms with Crippen LogP contribution in [0.1, 0.15) is 16.7 Å². The van der Waals surface area contributed by atoms with Crippen LogP contribution in [0.3, 0.4) is 0 Å². The van der Waals surface area contributed by atoms with Gasteiger partial charge in [0, 0.05) is 21.1 Å². The van der Waals surface area contributed by atoms with Crippen molar-refractivity contribution in [2.75, 3.05) is 0 Å². The van der Waals surface area contributed by atoms with Gasteiger partial charge in [0.1, 0.15) is 5.69 Å². The molecule has 6 rings (SSSR count). The summed E-state index contributed by atoms with van der Waals surface area (Å²) in [6.07, 6.45) is 0. The van der Waals surface area contributed by atoms with Crippen molar-refractivity contribution in [1.29, 1.82) is 0 Å². The van der Waals surface area contributed by atoms with E-state index in [-0.39, 0.29) is 11.4 Å². The molecule has 0 radical (unpaired) electrons. The van der Waals surface area contributed by atoms with Gasteiger partial charge in [0.2, 0.25) is 0 Å². The summed E-state index contributed by atoms with van der Waals surface area (Å²) in [6, 6.07) is 29.6. The zero-order chi connectivity index (χ0) is 35.0. The molecule has 50 heavy (non-hydrogen) atoms. The highest BCUT2D eigenvalue weighted by atomic mass is 32.2. The Morgan fingerprint density at radius 2 is 1.16 bits per heavy atom. The van der Waals surface area contributed by atoms with E-state index in [1.807, 2.05) is 87.5 Å². The van der Waals surface area contributed by atoms with Gasteiger partial charge in [-0.25, -0.2) is 10.5 Å². The van der Waals surface area contributed by atoms with Crippen LogP contribution in [0.4, 0.5) is 34.1 Å². The fraction of sp³-hybridized carbons (Fsp3) is 0.0857. The first-order valence-corrected chi connectivity index (χ1v) is 16.4. The normalized spacial score (nSPS) is 12.0. The molecule has 0 saturated carbocycles. The third-order valence-electron chi connectivity index (χ3n) is 7.53. The molecular formula is C35H28N6O7S2. The molecule has 0 heterocycles. The van der Waals surface area contributed by atoms with E-state index in [0.29, 0.717) is 55.7 Å². The molecule has 6 aromatic carbocycles. The molecular weight excluding hydrogens is 681 g/mol. The average Bonchev–Trinajstić information content (AvgIpc) is 3.13. The zero-order valence-corrected chi connectivity index (χ0v) is 28.3. The summed E-state index contributed by atoms with van der Waals surface area (Å²) in [4.78, 5) is 1.06. The van der Waals surface area contributed by atoms with Crippen molar-refractivity contribution in [1.82, 2.24) is 0 Å². The summed E-state index contributed by atoms with van der Waals surface area (Å²) < 4.78 is 9.15. The van der Waals surface area contributed by atoms with E-state index in [0.717, 1.165) is 44.9 Å². The number of phenols is 1. The van der Waals surface area contributed by atoms with Crippen molar-refractivity contribution < 1.29 is 34.4 Å². The van der Waals surface area contributed by atoms with Crippen molar-refractivity contribution in [3.63, 3.8) is 0 Å². The molecule has 13 nitrogen and oxygen atoms in total. The maximum atomic E-state index is 11.1. The second kappa shape index (κ2) is 16.1. The molecule has 0 atom stereocenters. The largest absolute Gasteiger partial charge is 0.505 e. The van der Waals surface area contributed by atoms with Crippen molar-refractivity contribution in [2.45, 2.75) is 30.6 Å². The minimum atomic E-state index is -0.0771. The topological polar surface area (TPSA) is 172 Å². The molecule has 0 aliphatic heterocycles. The van der Waals surface area contributed by atoms with Crippen molar-refractivity contribution in [3.8, 4) is 5.75 Å². The predicted molar refractivity (Wildman–Crippen MR) is 190 cm³/mol. The molecule has 6 aromatic rings. The van der Waals surface area contributed by atoms with E-state index < -0.39 is 0 Å². The summed E-state index contributed by atoms with van der Waals surface area (Å²) in [5.41, 5.74) is 5.84. The fourth-order valence-corrected chi connectivity index (χ4v) is 5.99. The number of fused-ring (bicyclic) bond motifs is 2. The lowest BCUT2D eigenvalue weighted by atomic mass is 10.1. The van der Waals surface area contributed by atoms with Gasteiger partial charge in [-0.2, -0.15) is 15.3 Å². The van der Waals surface area contributed by atoms with Crippen LogP contribution in [0.5, 0.6) is 5.75 Å². The monoisotopic (exact) mass is 708 g/mol. The first kappa shape index (κ1) is 34.8. The summed E-state index contributed by atoms with van der Waals surface area (Å²) >= 11 is 1.54. The number of nitrogens with zero attached hydrogens (tertiary/aromatic N) is 6. The zero-order valence-electron chi connectivity index (χ0n) is 26.7. The number of rotatable bonds is 12. The first-order chi connectivity index (χ1) is 24.3. The Kier molecular flexibility index (Phi) is 11.2. The van der Waals surface area contributed by atoms with Crippen LogP contribution in [-0.4, -0.2) is 15.6 Å². The number of hydrogen-bond acceptors (Lipinski definition) is 15. The number of aromatic hydroxyl groups is 1. The number of phenolic OH excluding ortho intramolecular Hbond substituents is 1. The molecule has 0 aliphatic rings. The third kappa shape index (κ3) is 8.02. The van der Waals surface area contributed by atoms with Crippen LogP contribution in [0.25, 0.3) is 21.5 Å². The first-order valence-electron chi connectivity index (χ1n) is 14.9. The van der Waals surface area contributed by atoms with Crippen LogP contribution in [0.2, 0.25) is 0 Å². The Morgan fingerprint density at radius 1 is 0.540 bits per heavy atom. The van der Waals surface area contributed by atoms with E-state index in [4.69, 9.17) is 10.5 Å². The van der Waals surface area contributed by atoms with Gasteiger partial charge in [-0.3, -0.25) is 0 Å². The molecule has 3 N–H and O–H groups in total. The van der Waals surface area contributed by atoms with Crippen LogP contribution in [-0.2, 0) is 18.7 Å². The van der Waals surface area contributed by atoms with Crippen molar-refractivity contribution >= 4 is 79.8 Å². The van der Waals surface area contributed by atoms with Gasteiger partial charge in [0.25, 0.3) is 0 Å². The van der Waals surface area contributed by atoms with Crippen LogP contribution in [0, 0.1) is 20.8 Å². The van der Waals surface area contributed by atoms with Gasteiger partial charge in [-0.05, 0) is 91.9 Å². The van der Waals surface area contributed by atoms with Gasteiger partial charge in [-0.1, -0.05) is 58.1 Å². The summed E-state index contributed by atoms with van der Waals surface area (Å²) in [5.74, 6) is -0.0771.